The fourth-order valence-corrected chi connectivity index (χ4v) is 5.05. The Labute approximate surface area is 164 Å². The van der Waals surface area contributed by atoms with Crippen LogP contribution >= 0.6 is 15.9 Å². The van der Waals surface area contributed by atoms with Gasteiger partial charge in [-0.25, -0.2) is 0 Å². The van der Waals surface area contributed by atoms with Crippen LogP contribution in [0.3, 0.4) is 0 Å². The van der Waals surface area contributed by atoms with Crippen LogP contribution in [0.25, 0.3) is 0 Å². The molecule has 0 aromatic heterocycles. The second-order valence-corrected chi connectivity index (χ2v) is 8.66. The summed E-state index contributed by atoms with van der Waals surface area (Å²) in [6.07, 6.45) is 7.87. The lowest BCUT2D eigenvalue weighted by Gasteiger charge is -2.12. The number of aryl methyl sites for hydroxylation is 6. The molecule has 3 aromatic rings. The minimum Gasteiger partial charge on any atom is -0.0588 e. The average molecular weight is 403 g/mol. The molecule has 3 aliphatic carbocycles. The average Bonchev–Trinajstić information content (AvgIpc) is 2.83. The van der Waals surface area contributed by atoms with Crippen molar-refractivity contribution in [3.63, 3.8) is 0 Å². The molecule has 0 aliphatic heterocycles. The fraction of sp³-hybridized carbons (Fsp3) is 0.280. The van der Waals surface area contributed by atoms with Crippen LogP contribution in [-0.4, -0.2) is 0 Å². The van der Waals surface area contributed by atoms with Crippen LogP contribution < -0.4 is 0 Å². The molecule has 0 amide bonds. The molecule has 26 heavy (non-hydrogen) atoms. The molecule has 0 fully saturated rings. The van der Waals surface area contributed by atoms with Gasteiger partial charge in [-0.05, 0) is 95.5 Å². The third-order valence-corrected chi connectivity index (χ3v) is 6.83. The van der Waals surface area contributed by atoms with Gasteiger partial charge in [-0.15, -0.1) is 0 Å². The lowest BCUT2D eigenvalue weighted by Crippen LogP contribution is -1.99. The predicted molar refractivity (Wildman–Crippen MR) is 112 cm³/mol. The molecule has 0 unspecified atom stereocenters. The lowest BCUT2D eigenvalue weighted by molar-refractivity contribution is 0.921. The van der Waals surface area contributed by atoms with Crippen molar-refractivity contribution < 1.29 is 0 Å². The largest absolute Gasteiger partial charge is 0.0588 e. The van der Waals surface area contributed by atoms with Crippen LogP contribution in [0, 0.1) is 0 Å². The summed E-state index contributed by atoms with van der Waals surface area (Å²) >= 11 is 3.84. The number of rotatable bonds is 0. The van der Waals surface area contributed by atoms with E-state index in [2.05, 4.69) is 70.5 Å². The highest BCUT2D eigenvalue weighted by molar-refractivity contribution is 9.10. The first-order valence-corrected chi connectivity index (χ1v) is 10.5. The van der Waals surface area contributed by atoms with Crippen molar-refractivity contribution in [3.05, 3.63) is 104 Å². The topological polar surface area (TPSA) is 0 Å². The van der Waals surface area contributed by atoms with Gasteiger partial charge in [0.05, 0.1) is 0 Å². The van der Waals surface area contributed by atoms with Gasteiger partial charge in [-0.1, -0.05) is 64.5 Å². The summed E-state index contributed by atoms with van der Waals surface area (Å²) in [5.41, 5.74) is 11.9. The van der Waals surface area contributed by atoms with E-state index < -0.39 is 0 Å². The Morgan fingerprint density at radius 2 is 1.04 bits per heavy atom. The second-order valence-electron chi connectivity index (χ2n) is 7.81. The van der Waals surface area contributed by atoms with Crippen molar-refractivity contribution in [2.45, 2.75) is 44.9 Å². The molecule has 0 saturated carbocycles. The quantitative estimate of drug-likeness (QED) is 0.431. The third-order valence-electron chi connectivity index (χ3n) is 6.09. The van der Waals surface area contributed by atoms with Gasteiger partial charge in [0, 0.05) is 4.47 Å². The van der Waals surface area contributed by atoms with Crippen LogP contribution in [0.15, 0.2) is 59.1 Å². The van der Waals surface area contributed by atoms with Crippen molar-refractivity contribution in [1.82, 2.24) is 0 Å². The molecule has 0 nitrogen and oxygen atoms in total. The van der Waals surface area contributed by atoms with E-state index in [0.717, 1.165) is 44.9 Å². The Bertz CT molecular complexity index is 966. The summed E-state index contributed by atoms with van der Waals surface area (Å²) in [7, 11) is 0. The van der Waals surface area contributed by atoms with Gasteiger partial charge in [-0.3, -0.25) is 0 Å². The molecule has 3 aromatic carbocycles. The molecule has 0 atom stereocenters. The summed E-state index contributed by atoms with van der Waals surface area (Å²) < 4.78 is 1.28. The second kappa shape index (κ2) is 6.70. The summed E-state index contributed by atoms with van der Waals surface area (Å²) in [4.78, 5) is 0. The van der Waals surface area contributed by atoms with E-state index in [1.165, 1.54) is 43.4 Å². The van der Waals surface area contributed by atoms with Crippen molar-refractivity contribution >= 4 is 15.9 Å². The molecular formula is C25H23Br. The van der Waals surface area contributed by atoms with Gasteiger partial charge in [0.15, 0.2) is 0 Å². The monoisotopic (exact) mass is 402 g/mol. The minimum absolute atomic E-state index is 1.09. The van der Waals surface area contributed by atoms with E-state index in [-0.39, 0.29) is 0 Å². The normalized spacial score (nSPS) is 15.6. The summed E-state index contributed by atoms with van der Waals surface area (Å²) in [6.45, 7) is 0. The smallest absolute Gasteiger partial charge is 0.0210 e. The highest BCUT2D eigenvalue weighted by Gasteiger charge is 2.16. The van der Waals surface area contributed by atoms with Crippen LogP contribution in [-0.2, 0) is 44.9 Å². The van der Waals surface area contributed by atoms with Crippen LogP contribution in [0.4, 0.5) is 0 Å². The molecule has 1 heteroatoms. The summed E-state index contributed by atoms with van der Waals surface area (Å²) in [5, 5.41) is 0. The Morgan fingerprint density at radius 3 is 1.85 bits per heavy atom. The van der Waals surface area contributed by atoms with E-state index in [1.807, 2.05) is 0 Å². The van der Waals surface area contributed by atoms with Gasteiger partial charge in [0.1, 0.15) is 0 Å². The van der Waals surface area contributed by atoms with Crippen LogP contribution in [0.5, 0.6) is 0 Å². The first kappa shape index (κ1) is 16.3. The Kier molecular flexibility index (Phi) is 4.21. The molecule has 3 aliphatic rings. The zero-order valence-corrected chi connectivity index (χ0v) is 16.6. The number of fused-ring (bicyclic) bond motifs is 4. The van der Waals surface area contributed by atoms with Crippen LogP contribution in [0.1, 0.15) is 44.5 Å². The number of hydrogen-bond acceptors (Lipinski definition) is 0. The van der Waals surface area contributed by atoms with Crippen molar-refractivity contribution in [1.29, 1.82) is 0 Å². The van der Waals surface area contributed by atoms with E-state index >= 15 is 0 Å². The number of halogens is 1. The fourth-order valence-electron chi connectivity index (χ4n) is 4.46. The zero-order chi connectivity index (χ0) is 17.5. The van der Waals surface area contributed by atoms with Gasteiger partial charge in [0.25, 0.3) is 0 Å². The Hall–Kier alpha value is -1.86. The highest BCUT2D eigenvalue weighted by atomic mass is 79.9. The Balaban J connectivity index is 1.64. The molecule has 0 heterocycles. The molecule has 0 N–H and O–H groups in total. The van der Waals surface area contributed by atoms with Crippen molar-refractivity contribution in [2.75, 3.05) is 0 Å². The standard InChI is InChI=1S/C25H23Br/c26-25-16-21-12-11-20-9-8-19-6-5-17-1-3-18(4-2-17)7-10-22(25)14-24(21)15-23(20)13-19/h1-4,8-9,13-14,16H,5-7,10-12,15H2. The molecule has 0 saturated heterocycles. The van der Waals surface area contributed by atoms with Gasteiger partial charge < -0.3 is 0 Å². The van der Waals surface area contributed by atoms with E-state index in [9.17, 15) is 0 Å². The minimum atomic E-state index is 1.09. The predicted octanol–water partition coefficient (Wildman–Crippen LogP) is 6.02. The highest BCUT2D eigenvalue weighted by Crippen LogP contribution is 2.31. The summed E-state index contributed by atoms with van der Waals surface area (Å²) in [5.74, 6) is 0. The van der Waals surface area contributed by atoms with Gasteiger partial charge in [0.2, 0.25) is 0 Å². The molecule has 130 valence electrons. The number of hydrogen-bond donors (Lipinski definition) is 0. The zero-order valence-electron chi connectivity index (χ0n) is 15.0. The first-order valence-electron chi connectivity index (χ1n) is 9.73. The third kappa shape index (κ3) is 3.14. The lowest BCUT2D eigenvalue weighted by atomic mass is 9.95. The Morgan fingerprint density at radius 1 is 0.462 bits per heavy atom. The van der Waals surface area contributed by atoms with E-state index in [0.29, 0.717) is 0 Å². The molecule has 6 rings (SSSR count). The maximum atomic E-state index is 3.84. The molecule has 0 spiro atoms. The maximum Gasteiger partial charge on any atom is 0.0210 e. The van der Waals surface area contributed by atoms with Gasteiger partial charge in [-0.2, -0.15) is 0 Å². The summed E-state index contributed by atoms with van der Waals surface area (Å²) in [6, 6.07) is 21.3. The molecule has 6 bridgehead atoms. The van der Waals surface area contributed by atoms with E-state index in [1.54, 1.807) is 5.56 Å². The van der Waals surface area contributed by atoms with Crippen molar-refractivity contribution in [3.8, 4) is 0 Å². The number of benzene rings is 3. The van der Waals surface area contributed by atoms with E-state index in [4.69, 9.17) is 0 Å². The van der Waals surface area contributed by atoms with Gasteiger partial charge >= 0.3 is 0 Å². The van der Waals surface area contributed by atoms with Crippen molar-refractivity contribution in [2.24, 2.45) is 0 Å². The SMILES string of the molecule is Brc1cc2c3cc1CCc1ccc(cc1)CCc1ccc(c(c1)C3)CC2. The van der Waals surface area contributed by atoms with Crippen LogP contribution in [0.2, 0.25) is 0 Å². The maximum absolute atomic E-state index is 3.84. The molecule has 0 radical (unpaired) electrons. The first-order chi connectivity index (χ1) is 12.7. The molecular weight excluding hydrogens is 380 g/mol.